The number of nitrogens with zero attached hydrogens (tertiary/aromatic N) is 1. The van der Waals surface area contributed by atoms with E-state index in [9.17, 15) is 19.5 Å². The van der Waals surface area contributed by atoms with Gasteiger partial charge in [-0.15, -0.1) is 0 Å². The fraction of sp³-hybridized carbons (Fsp3) is 0.444. The minimum atomic E-state index is -1.30. The van der Waals surface area contributed by atoms with Crippen molar-refractivity contribution in [2.24, 2.45) is 0 Å². The molecule has 2 aromatic carbocycles. The molecule has 12 heteroatoms. The minimum Gasteiger partial charge on any atom is -0.465 e. The Morgan fingerprint density at radius 2 is 1.82 bits per heavy atom. The second-order valence-electron chi connectivity index (χ2n) is 8.96. The highest BCUT2D eigenvalue weighted by molar-refractivity contribution is 9.10. The van der Waals surface area contributed by atoms with E-state index < -0.39 is 61.3 Å². The van der Waals surface area contributed by atoms with E-state index in [4.69, 9.17) is 23.7 Å². The number of rotatable bonds is 9. The number of carbonyl (C=O) groups excluding carboxylic acids is 3. The summed E-state index contributed by atoms with van der Waals surface area (Å²) in [5.41, 5.74) is 1.03. The number of aliphatic hydroxyl groups is 1. The number of methoxy groups -OCH3 is 1. The molecule has 39 heavy (non-hydrogen) atoms. The van der Waals surface area contributed by atoms with Crippen molar-refractivity contribution < 1.29 is 43.2 Å². The van der Waals surface area contributed by atoms with Gasteiger partial charge in [0.2, 0.25) is 5.91 Å². The van der Waals surface area contributed by atoms with Crippen LogP contribution >= 0.6 is 15.9 Å². The zero-order valence-electron chi connectivity index (χ0n) is 21.5. The van der Waals surface area contributed by atoms with Gasteiger partial charge >= 0.3 is 5.97 Å². The summed E-state index contributed by atoms with van der Waals surface area (Å²) in [5.74, 6) is -1.79. The Morgan fingerprint density at radius 3 is 2.49 bits per heavy atom. The molecule has 0 aromatic heterocycles. The van der Waals surface area contributed by atoms with Crippen LogP contribution in [0.2, 0.25) is 0 Å². The highest BCUT2D eigenvalue weighted by Gasteiger charge is 2.52. The lowest BCUT2D eigenvalue weighted by molar-refractivity contribution is -0.347. The van der Waals surface area contributed by atoms with E-state index in [1.807, 2.05) is 30.3 Å². The predicted octanol–water partition coefficient (Wildman–Crippen LogP) is 1.79. The van der Waals surface area contributed by atoms with Crippen LogP contribution in [0.4, 0.5) is 0 Å². The van der Waals surface area contributed by atoms with Crippen molar-refractivity contribution in [3.8, 4) is 0 Å². The zero-order valence-corrected chi connectivity index (χ0v) is 23.1. The maximum Gasteiger partial charge on any atom is 0.325 e. The van der Waals surface area contributed by atoms with Gasteiger partial charge in [0.25, 0.3) is 5.91 Å². The minimum absolute atomic E-state index is 0.120. The second kappa shape index (κ2) is 13.5. The van der Waals surface area contributed by atoms with Crippen LogP contribution in [0.25, 0.3) is 0 Å². The van der Waals surface area contributed by atoms with Gasteiger partial charge in [0.05, 0.1) is 13.2 Å². The fourth-order valence-corrected chi connectivity index (χ4v) is 4.81. The van der Waals surface area contributed by atoms with Crippen LogP contribution in [-0.4, -0.2) is 91.8 Å². The van der Waals surface area contributed by atoms with Crippen LogP contribution < -0.4 is 5.32 Å². The second-order valence-corrected chi connectivity index (χ2v) is 9.87. The third kappa shape index (κ3) is 7.02. The van der Waals surface area contributed by atoms with Gasteiger partial charge in [0.1, 0.15) is 37.4 Å². The maximum atomic E-state index is 13.7. The molecule has 2 saturated heterocycles. The number of amides is 2. The fourth-order valence-electron chi connectivity index (χ4n) is 4.55. The molecule has 2 N–H and O–H groups in total. The van der Waals surface area contributed by atoms with Gasteiger partial charge in [-0.25, -0.2) is 0 Å². The Labute approximate surface area is 234 Å². The van der Waals surface area contributed by atoms with Gasteiger partial charge in [-0.05, 0) is 31.2 Å². The summed E-state index contributed by atoms with van der Waals surface area (Å²) in [7, 11) is 1.38. The number of carbonyl (C=O) groups is 3. The first-order valence-electron chi connectivity index (χ1n) is 12.5. The Hall–Kier alpha value is -2.87. The summed E-state index contributed by atoms with van der Waals surface area (Å²) in [6.07, 6.45) is -4.72. The Balaban J connectivity index is 1.60. The zero-order chi connectivity index (χ0) is 27.9. The third-order valence-electron chi connectivity index (χ3n) is 6.40. The van der Waals surface area contributed by atoms with Crippen molar-refractivity contribution in [1.82, 2.24) is 10.2 Å². The van der Waals surface area contributed by atoms with Crippen LogP contribution in [0.3, 0.4) is 0 Å². The number of hydrogen-bond donors (Lipinski definition) is 2. The topological polar surface area (TPSA) is 133 Å². The molecule has 2 amide bonds. The monoisotopic (exact) mass is 606 g/mol. The van der Waals surface area contributed by atoms with Crippen LogP contribution in [0.5, 0.6) is 0 Å². The Bertz CT molecular complexity index is 1130. The predicted molar refractivity (Wildman–Crippen MR) is 140 cm³/mol. The molecular formula is C27H31BrN2O9. The summed E-state index contributed by atoms with van der Waals surface area (Å²) in [6.45, 7) is 1.08. The van der Waals surface area contributed by atoms with Crippen molar-refractivity contribution in [3.05, 3.63) is 70.2 Å². The molecule has 2 fully saturated rings. The lowest BCUT2D eigenvalue weighted by atomic mass is 9.93. The first-order chi connectivity index (χ1) is 18.8. The molecule has 6 atom stereocenters. The van der Waals surface area contributed by atoms with Crippen LogP contribution in [0.1, 0.15) is 29.1 Å². The van der Waals surface area contributed by atoms with Gasteiger partial charge in [0.15, 0.2) is 12.6 Å². The SMILES string of the molecule is CCOC(=O)CNC(=O)CN(C(=O)c1ccc(Br)cc1)[C@H]1[C@@H](OC)O[C@@H]2COC(c3ccccc3)O[C@H]2[C@@H]1O. The molecule has 0 saturated carbocycles. The average molecular weight is 607 g/mol. The summed E-state index contributed by atoms with van der Waals surface area (Å²) in [5, 5.41) is 14.0. The number of benzene rings is 2. The number of aliphatic hydroxyl groups excluding tert-OH is 1. The molecule has 2 aromatic rings. The molecule has 0 aliphatic carbocycles. The standard InChI is InChI=1S/C27H31BrN2O9/c1-3-36-21(32)13-29-20(31)14-30(25(34)16-9-11-18(28)12-10-16)22-23(33)24-19(38-27(22)35-2)15-37-26(39-24)17-7-5-4-6-8-17/h4-12,19,22-24,26-27,33H,3,13-15H2,1-2H3,(H,29,31)/t19-,22-,23-,24-,26?,27+/m1/s1. The number of fused-ring (bicyclic) bond motifs is 1. The number of halogens is 1. The Kier molecular flexibility index (Phi) is 10.1. The quantitative estimate of drug-likeness (QED) is 0.410. The van der Waals surface area contributed by atoms with Crippen molar-refractivity contribution in [1.29, 1.82) is 0 Å². The van der Waals surface area contributed by atoms with Crippen molar-refractivity contribution >= 4 is 33.7 Å². The summed E-state index contributed by atoms with van der Waals surface area (Å²) < 4.78 is 29.2. The molecule has 1 unspecified atom stereocenters. The number of hydrogen-bond acceptors (Lipinski definition) is 9. The van der Waals surface area contributed by atoms with Gasteiger partial charge in [-0.2, -0.15) is 0 Å². The maximum absolute atomic E-state index is 13.7. The largest absolute Gasteiger partial charge is 0.465 e. The van der Waals surface area contributed by atoms with E-state index >= 15 is 0 Å². The molecule has 0 radical (unpaired) electrons. The van der Waals surface area contributed by atoms with Crippen molar-refractivity contribution in [2.45, 2.75) is 43.9 Å². The van der Waals surface area contributed by atoms with Gasteiger partial charge in [-0.1, -0.05) is 46.3 Å². The first-order valence-corrected chi connectivity index (χ1v) is 13.3. The van der Waals surface area contributed by atoms with E-state index in [1.54, 1.807) is 31.2 Å². The van der Waals surface area contributed by atoms with E-state index in [0.29, 0.717) is 0 Å². The summed E-state index contributed by atoms with van der Waals surface area (Å²) >= 11 is 3.35. The Morgan fingerprint density at radius 1 is 1.10 bits per heavy atom. The van der Waals surface area contributed by atoms with Crippen LogP contribution in [0.15, 0.2) is 59.1 Å². The van der Waals surface area contributed by atoms with Crippen LogP contribution in [0, 0.1) is 0 Å². The highest BCUT2D eigenvalue weighted by Crippen LogP contribution is 2.36. The average Bonchev–Trinajstić information content (AvgIpc) is 2.95. The lowest BCUT2D eigenvalue weighted by Crippen LogP contribution is -2.68. The van der Waals surface area contributed by atoms with E-state index in [-0.39, 0.29) is 25.3 Å². The number of ether oxygens (including phenoxy) is 5. The molecule has 0 spiro atoms. The molecule has 2 aliphatic heterocycles. The molecule has 2 aliphatic rings. The molecular weight excluding hydrogens is 576 g/mol. The number of nitrogens with one attached hydrogen (secondary N) is 1. The number of esters is 1. The normalized spacial score (nSPS) is 26.3. The lowest BCUT2D eigenvalue weighted by Gasteiger charge is -2.50. The first kappa shape index (κ1) is 29.1. The third-order valence-corrected chi connectivity index (χ3v) is 6.93. The summed E-state index contributed by atoms with van der Waals surface area (Å²) in [4.78, 5) is 39.5. The molecule has 11 nitrogen and oxygen atoms in total. The van der Waals surface area contributed by atoms with E-state index in [2.05, 4.69) is 21.2 Å². The molecule has 4 rings (SSSR count). The van der Waals surface area contributed by atoms with Crippen LogP contribution in [-0.2, 0) is 33.3 Å². The van der Waals surface area contributed by atoms with Crippen molar-refractivity contribution in [2.75, 3.05) is 33.4 Å². The van der Waals surface area contributed by atoms with Gasteiger partial charge in [0, 0.05) is 22.7 Å². The van der Waals surface area contributed by atoms with Crippen molar-refractivity contribution in [3.63, 3.8) is 0 Å². The summed E-state index contributed by atoms with van der Waals surface area (Å²) in [6, 6.07) is 14.7. The molecule has 0 bridgehead atoms. The molecule has 2 heterocycles. The van der Waals surface area contributed by atoms with E-state index in [0.717, 1.165) is 10.0 Å². The van der Waals surface area contributed by atoms with E-state index in [1.165, 1.54) is 12.0 Å². The van der Waals surface area contributed by atoms with Gasteiger partial charge in [-0.3, -0.25) is 14.4 Å². The molecule has 210 valence electrons. The highest BCUT2D eigenvalue weighted by atomic mass is 79.9. The van der Waals surface area contributed by atoms with Gasteiger partial charge < -0.3 is 39.0 Å². The smallest absolute Gasteiger partial charge is 0.325 e.